The summed E-state index contributed by atoms with van der Waals surface area (Å²) in [7, 11) is 0. The Balaban J connectivity index is 0.00000132. The van der Waals surface area contributed by atoms with E-state index in [0.29, 0.717) is 12.5 Å². The molecule has 0 amide bonds. The second-order valence-electron chi connectivity index (χ2n) is 4.67. The third kappa shape index (κ3) is 4.52. The number of anilines is 1. The van der Waals surface area contributed by atoms with Gasteiger partial charge in [0.1, 0.15) is 12.1 Å². The van der Waals surface area contributed by atoms with Gasteiger partial charge in [0.25, 0.3) is 5.95 Å². The maximum atomic E-state index is 13.0. The highest BCUT2D eigenvalue weighted by molar-refractivity contribution is 5.85. The number of aromatic nitrogens is 3. The molecule has 0 bridgehead atoms. The Bertz CT molecular complexity index is 632. The van der Waals surface area contributed by atoms with Crippen LogP contribution in [0, 0.1) is 11.7 Å². The molecule has 5 N–H and O–H groups in total. The van der Waals surface area contributed by atoms with Gasteiger partial charge in [0, 0.05) is 18.7 Å². The number of nitrogens with zero attached hydrogens (tertiary/aromatic N) is 4. The molecule has 126 valence electrons. The quantitative estimate of drug-likeness (QED) is 0.365. The second kappa shape index (κ2) is 8.63. The van der Waals surface area contributed by atoms with E-state index in [2.05, 4.69) is 31.6 Å². The monoisotopic (exact) mass is 362 g/mol. The molecule has 8 nitrogen and oxygen atoms in total. The first-order valence-corrected chi connectivity index (χ1v) is 6.42. The molecular weight excluding hydrogens is 346 g/mol. The molecule has 11 heteroatoms. The van der Waals surface area contributed by atoms with Crippen LogP contribution in [-0.2, 0) is 0 Å². The normalized spacial score (nSPS) is 20.0. The molecule has 3 rings (SSSR count). The summed E-state index contributed by atoms with van der Waals surface area (Å²) in [5.41, 5.74) is 9.92. The highest BCUT2D eigenvalue weighted by Gasteiger charge is 2.26. The average Bonchev–Trinajstić information content (AvgIpc) is 3.10. The largest absolute Gasteiger partial charge is 0.335 e. The Kier molecular flexibility index (Phi) is 7.17. The smallest absolute Gasteiger partial charge is 0.263 e. The maximum Gasteiger partial charge on any atom is 0.263 e. The van der Waals surface area contributed by atoms with Gasteiger partial charge in [-0.1, -0.05) is 12.1 Å². The molecule has 1 fully saturated rings. The van der Waals surface area contributed by atoms with Crippen molar-refractivity contribution in [2.45, 2.75) is 6.04 Å². The molecular formula is C12H17Cl2FN8. The number of hydrogen-bond donors (Lipinski definition) is 4. The van der Waals surface area contributed by atoms with Crippen molar-refractivity contribution < 1.29 is 4.39 Å². The van der Waals surface area contributed by atoms with Gasteiger partial charge in [0.15, 0.2) is 0 Å². The molecule has 1 aromatic heterocycles. The number of hydrogen-bond acceptors (Lipinski definition) is 7. The van der Waals surface area contributed by atoms with Crippen molar-refractivity contribution in [3.63, 3.8) is 0 Å². The van der Waals surface area contributed by atoms with Crippen LogP contribution >= 0.6 is 24.8 Å². The van der Waals surface area contributed by atoms with E-state index in [1.54, 1.807) is 18.3 Å². The van der Waals surface area contributed by atoms with Gasteiger partial charge in [0.2, 0.25) is 0 Å². The molecule has 1 aromatic carbocycles. The van der Waals surface area contributed by atoms with Crippen molar-refractivity contribution in [1.82, 2.24) is 25.7 Å². The minimum atomic E-state index is -0.251. The lowest BCUT2D eigenvalue weighted by Gasteiger charge is -2.15. The maximum absolute atomic E-state index is 13.0. The molecule has 23 heavy (non-hydrogen) atoms. The molecule has 1 saturated heterocycles. The van der Waals surface area contributed by atoms with Gasteiger partial charge in [-0.2, -0.15) is 5.10 Å². The lowest BCUT2D eigenvalue weighted by atomic mass is 9.96. The molecule has 2 atom stereocenters. The second-order valence-corrected chi connectivity index (χ2v) is 4.67. The number of halogens is 3. The van der Waals surface area contributed by atoms with E-state index in [9.17, 15) is 4.39 Å². The summed E-state index contributed by atoms with van der Waals surface area (Å²) in [6, 6.07) is 6.42. The van der Waals surface area contributed by atoms with Gasteiger partial charge in [-0.25, -0.2) is 19.9 Å². The lowest BCUT2D eigenvalue weighted by molar-refractivity contribution is 0.554. The van der Waals surface area contributed by atoms with Gasteiger partial charge in [-0.15, -0.1) is 35.0 Å². The summed E-state index contributed by atoms with van der Waals surface area (Å²) < 4.78 is 14.2. The predicted molar refractivity (Wildman–Crippen MR) is 90.6 cm³/mol. The number of hydrazone groups is 1. The van der Waals surface area contributed by atoms with Crippen LogP contribution in [0.15, 0.2) is 35.7 Å². The van der Waals surface area contributed by atoms with Gasteiger partial charge in [0.05, 0.1) is 6.04 Å². The first kappa shape index (κ1) is 19.1. The number of hydrazine groups is 1. The van der Waals surface area contributed by atoms with Gasteiger partial charge in [-0.3, -0.25) is 5.43 Å². The third-order valence-electron chi connectivity index (χ3n) is 3.26. The summed E-state index contributed by atoms with van der Waals surface area (Å²) >= 11 is 0. The van der Waals surface area contributed by atoms with Gasteiger partial charge in [-0.05, 0) is 17.7 Å². The highest BCUT2D eigenvalue weighted by atomic mass is 35.5. The van der Waals surface area contributed by atoms with Crippen molar-refractivity contribution in [2.75, 3.05) is 17.8 Å². The predicted octanol–water partition coefficient (Wildman–Crippen LogP) is 0.838. The Morgan fingerprint density at radius 3 is 2.74 bits per heavy atom. The van der Waals surface area contributed by atoms with Crippen LogP contribution in [-0.4, -0.2) is 27.6 Å². The summed E-state index contributed by atoms with van der Waals surface area (Å²) in [6.45, 7) is 0.711. The molecule has 2 unspecified atom stereocenters. The van der Waals surface area contributed by atoms with Crippen molar-refractivity contribution in [3.8, 4) is 0 Å². The fourth-order valence-electron chi connectivity index (χ4n) is 2.16. The Hall–Kier alpha value is -1.94. The van der Waals surface area contributed by atoms with E-state index in [1.807, 2.05) is 0 Å². The van der Waals surface area contributed by atoms with Crippen LogP contribution in [0.5, 0.6) is 0 Å². The molecule has 1 aliphatic heterocycles. The lowest BCUT2D eigenvalue weighted by Crippen LogP contribution is -2.25. The van der Waals surface area contributed by atoms with Gasteiger partial charge < -0.3 is 5.84 Å². The Morgan fingerprint density at radius 2 is 2.09 bits per heavy atom. The molecule has 0 aliphatic carbocycles. The van der Waals surface area contributed by atoms with Crippen LogP contribution in [0.2, 0.25) is 0 Å². The SMILES string of the molecule is Cl.Cl.Nn1cnnc1N/N=C/C1CNNC1c1ccc(F)cc1. The third-order valence-corrected chi connectivity index (χ3v) is 3.26. The standard InChI is InChI=1S/C12H15FN8.2ClH/c13-10-3-1-8(2-4-10)11-9(5-15-18-11)6-16-19-12-20-17-7-21(12)14;;/h1-4,6-7,9,11,15,18H,5,14H2,(H,19,20);2*1H/b16-6+;;. The van der Waals surface area contributed by atoms with Crippen molar-refractivity contribution in [3.05, 3.63) is 42.0 Å². The van der Waals surface area contributed by atoms with E-state index in [4.69, 9.17) is 5.84 Å². The zero-order valence-electron chi connectivity index (χ0n) is 11.9. The van der Waals surface area contributed by atoms with Crippen LogP contribution in [0.3, 0.4) is 0 Å². The van der Waals surface area contributed by atoms with E-state index in [1.165, 1.54) is 23.1 Å². The molecule has 2 aromatic rings. The molecule has 0 saturated carbocycles. The zero-order valence-corrected chi connectivity index (χ0v) is 13.5. The first-order chi connectivity index (χ1) is 10.2. The van der Waals surface area contributed by atoms with Crippen LogP contribution in [0.4, 0.5) is 10.3 Å². The minimum absolute atomic E-state index is 0. The van der Waals surface area contributed by atoms with E-state index < -0.39 is 0 Å². The molecule has 2 heterocycles. The molecule has 0 spiro atoms. The fraction of sp³-hybridized carbons (Fsp3) is 0.250. The van der Waals surface area contributed by atoms with Crippen molar-refractivity contribution in [2.24, 2.45) is 11.0 Å². The van der Waals surface area contributed by atoms with E-state index in [-0.39, 0.29) is 42.6 Å². The average molecular weight is 363 g/mol. The van der Waals surface area contributed by atoms with Crippen molar-refractivity contribution in [1.29, 1.82) is 0 Å². The first-order valence-electron chi connectivity index (χ1n) is 6.42. The van der Waals surface area contributed by atoms with Crippen LogP contribution in [0.1, 0.15) is 11.6 Å². The van der Waals surface area contributed by atoms with Crippen molar-refractivity contribution >= 4 is 37.0 Å². The summed E-state index contributed by atoms with van der Waals surface area (Å²) in [5, 5.41) is 11.5. The Morgan fingerprint density at radius 1 is 1.35 bits per heavy atom. The number of nitrogen functional groups attached to an aromatic ring is 1. The summed E-state index contributed by atoms with van der Waals surface area (Å²) in [6.07, 6.45) is 3.13. The fourth-order valence-corrected chi connectivity index (χ4v) is 2.16. The number of benzene rings is 1. The van der Waals surface area contributed by atoms with Crippen LogP contribution < -0.4 is 22.1 Å². The zero-order chi connectivity index (χ0) is 14.7. The number of nitrogens with two attached hydrogens (primary N) is 1. The minimum Gasteiger partial charge on any atom is -0.335 e. The van der Waals surface area contributed by atoms with Gasteiger partial charge >= 0.3 is 0 Å². The number of rotatable bonds is 4. The Labute approximate surface area is 144 Å². The number of nitrogens with one attached hydrogen (secondary N) is 3. The van der Waals surface area contributed by atoms with E-state index in [0.717, 1.165) is 5.56 Å². The topological polar surface area (TPSA) is 105 Å². The van der Waals surface area contributed by atoms with E-state index >= 15 is 0 Å². The van der Waals surface area contributed by atoms with Crippen LogP contribution in [0.25, 0.3) is 0 Å². The molecule has 1 aliphatic rings. The highest BCUT2D eigenvalue weighted by Crippen LogP contribution is 2.23. The summed E-state index contributed by atoms with van der Waals surface area (Å²) in [4.78, 5) is 0. The molecule has 0 radical (unpaired) electrons. The summed E-state index contributed by atoms with van der Waals surface area (Å²) in [5.74, 6) is 5.77.